The fraction of sp³-hybridized carbons (Fsp3) is 0.267. The highest BCUT2D eigenvalue weighted by molar-refractivity contribution is 6.30. The van der Waals surface area contributed by atoms with Crippen molar-refractivity contribution in [3.63, 3.8) is 0 Å². The molecule has 0 unspecified atom stereocenters. The molecule has 0 bridgehead atoms. The number of hydrogen-bond donors (Lipinski definition) is 2. The molecule has 0 saturated heterocycles. The number of ether oxygens (including phenoxy) is 2. The Kier molecular flexibility index (Phi) is 8.86. The van der Waals surface area contributed by atoms with Gasteiger partial charge in [-0.2, -0.15) is 0 Å². The number of halogens is 1. The standard InChI is InChI=1S/C30H31ClN2O4/c1-36-23-15-16-24(28(18-23)37-2)27-14-7-6-13-26(21-11-8-12-22(31)17-21)33-30(35)25(19-29(34)32-27)20-9-4-3-5-10-20/h3-12,15-18,25-27H,13-14,19H2,1-2H3,(H,32,34)(H,33,35)/b7-6-/t25-,26-,27+/m1/s1. The molecule has 3 atom stereocenters. The molecule has 0 aromatic heterocycles. The second-order valence-corrected chi connectivity index (χ2v) is 9.39. The number of methoxy groups -OCH3 is 2. The molecule has 1 aliphatic heterocycles. The zero-order valence-corrected chi connectivity index (χ0v) is 21.7. The number of benzene rings is 3. The van der Waals surface area contributed by atoms with E-state index in [1.807, 2.05) is 78.9 Å². The lowest BCUT2D eigenvalue weighted by Crippen LogP contribution is -2.37. The van der Waals surface area contributed by atoms with Gasteiger partial charge < -0.3 is 20.1 Å². The van der Waals surface area contributed by atoms with Gasteiger partial charge in [-0.1, -0.05) is 66.2 Å². The van der Waals surface area contributed by atoms with Gasteiger partial charge in [-0.15, -0.1) is 0 Å². The van der Waals surface area contributed by atoms with Crippen LogP contribution in [0.3, 0.4) is 0 Å². The first-order chi connectivity index (χ1) is 18.0. The van der Waals surface area contributed by atoms with Gasteiger partial charge in [-0.25, -0.2) is 0 Å². The minimum absolute atomic E-state index is 0.0107. The van der Waals surface area contributed by atoms with Crippen LogP contribution in [0.15, 0.2) is 84.9 Å². The van der Waals surface area contributed by atoms with Crippen LogP contribution in [0.2, 0.25) is 5.02 Å². The van der Waals surface area contributed by atoms with E-state index >= 15 is 0 Å². The summed E-state index contributed by atoms with van der Waals surface area (Å²) in [6.45, 7) is 0. The molecule has 37 heavy (non-hydrogen) atoms. The Balaban J connectivity index is 1.71. The topological polar surface area (TPSA) is 76.7 Å². The molecule has 7 heteroatoms. The largest absolute Gasteiger partial charge is 0.497 e. The third-order valence-corrected chi connectivity index (χ3v) is 6.77. The van der Waals surface area contributed by atoms with Crippen molar-refractivity contribution in [2.75, 3.05) is 14.2 Å². The number of rotatable bonds is 5. The number of nitrogens with one attached hydrogen (secondary N) is 2. The van der Waals surface area contributed by atoms with E-state index in [1.165, 1.54) is 0 Å². The molecule has 0 saturated carbocycles. The summed E-state index contributed by atoms with van der Waals surface area (Å²) in [4.78, 5) is 26.9. The first-order valence-corrected chi connectivity index (χ1v) is 12.6. The lowest BCUT2D eigenvalue weighted by molar-refractivity contribution is -0.128. The zero-order valence-electron chi connectivity index (χ0n) is 20.9. The molecular weight excluding hydrogens is 488 g/mol. The summed E-state index contributed by atoms with van der Waals surface area (Å²) in [5, 5.41) is 6.89. The maximum absolute atomic E-state index is 13.6. The highest BCUT2D eigenvalue weighted by Crippen LogP contribution is 2.33. The molecule has 3 aromatic carbocycles. The lowest BCUT2D eigenvalue weighted by Gasteiger charge is -2.26. The third-order valence-electron chi connectivity index (χ3n) is 6.54. The summed E-state index contributed by atoms with van der Waals surface area (Å²) in [6.07, 6.45) is 5.19. The average Bonchev–Trinajstić information content (AvgIpc) is 2.92. The number of hydrogen-bond acceptors (Lipinski definition) is 4. The quantitative estimate of drug-likeness (QED) is 0.412. The molecule has 0 spiro atoms. The number of amides is 2. The molecule has 4 rings (SSSR count). The summed E-state index contributed by atoms with van der Waals surface area (Å²) in [5.41, 5.74) is 2.53. The van der Waals surface area contributed by atoms with Gasteiger partial charge in [0.2, 0.25) is 11.8 Å². The Labute approximate surface area is 222 Å². The maximum Gasteiger partial charge on any atom is 0.228 e. The van der Waals surface area contributed by atoms with Crippen LogP contribution in [0.1, 0.15) is 54.0 Å². The third kappa shape index (κ3) is 6.71. The van der Waals surface area contributed by atoms with Crippen molar-refractivity contribution in [1.29, 1.82) is 0 Å². The Bertz CT molecular complexity index is 1260. The highest BCUT2D eigenvalue weighted by atomic mass is 35.5. The van der Waals surface area contributed by atoms with Gasteiger partial charge in [-0.05, 0) is 48.2 Å². The Morgan fingerprint density at radius 1 is 0.784 bits per heavy atom. The van der Waals surface area contributed by atoms with E-state index in [2.05, 4.69) is 10.6 Å². The van der Waals surface area contributed by atoms with E-state index in [1.54, 1.807) is 20.3 Å². The monoisotopic (exact) mass is 518 g/mol. The van der Waals surface area contributed by atoms with Gasteiger partial charge in [-0.3, -0.25) is 9.59 Å². The highest BCUT2D eigenvalue weighted by Gasteiger charge is 2.28. The van der Waals surface area contributed by atoms with Crippen LogP contribution >= 0.6 is 11.6 Å². The second kappa shape index (κ2) is 12.5. The predicted molar refractivity (Wildman–Crippen MR) is 145 cm³/mol. The first kappa shape index (κ1) is 26.3. The van der Waals surface area contributed by atoms with E-state index < -0.39 is 5.92 Å². The lowest BCUT2D eigenvalue weighted by atomic mass is 9.92. The van der Waals surface area contributed by atoms with Crippen molar-refractivity contribution < 1.29 is 19.1 Å². The van der Waals surface area contributed by atoms with Gasteiger partial charge >= 0.3 is 0 Å². The summed E-state index contributed by atoms with van der Waals surface area (Å²) in [7, 11) is 3.19. The van der Waals surface area contributed by atoms with Crippen LogP contribution in [0.4, 0.5) is 0 Å². The van der Waals surface area contributed by atoms with Gasteiger partial charge in [0.15, 0.2) is 0 Å². The van der Waals surface area contributed by atoms with Gasteiger partial charge in [0.05, 0.1) is 32.2 Å². The Morgan fingerprint density at radius 2 is 1.51 bits per heavy atom. The van der Waals surface area contributed by atoms with Gasteiger partial charge in [0.25, 0.3) is 0 Å². The van der Waals surface area contributed by atoms with Crippen molar-refractivity contribution in [3.05, 3.63) is 107 Å². The fourth-order valence-electron chi connectivity index (χ4n) is 4.59. The van der Waals surface area contributed by atoms with Gasteiger partial charge in [0, 0.05) is 23.1 Å². The van der Waals surface area contributed by atoms with Crippen molar-refractivity contribution >= 4 is 23.4 Å². The Morgan fingerprint density at radius 3 is 2.22 bits per heavy atom. The molecular formula is C30H31ClN2O4. The van der Waals surface area contributed by atoms with E-state index in [4.69, 9.17) is 21.1 Å². The molecule has 3 aromatic rings. The normalized spacial score (nSPS) is 21.5. The number of carbonyl (C=O) groups excluding carboxylic acids is 2. The Hall–Kier alpha value is -3.77. The van der Waals surface area contributed by atoms with Crippen molar-refractivity contribution in [2.24, 2.45) is 0 Å². The second-order valence-electron chi connectivity index (χ2n) is 8.95. The van der Waals surface area contributed by atoms with Crippen molar-refractivity contribution in [1.82, 2.24) is 10.6 Å². The summed E-state index contributed by atoms with van der Waals surface area (Å²) >= 11 is 6.26. The minimum atomic E-state index is -0.648. The predicted octanol–water partition coefficient (Wildman–Crippen LogP) is 5.90. The van der Waals surface area contributed by atoms with Crippen LogP contribution in [-0.4, -0.2) is 26.0 Å². The van der Waals surface area contributed by atoms with E-state index in [-0.39, 0.29) is 30.3 Å². The average molecular weight is 519 g/mol. The van der Waals surface area contributed by atoms with E-state index in [9.17, 15) is 9.59 Å². The van der Waals surface area contributed by atoms with Gasteiger partial charge in [0.1, 0.15) is 11.5 Å². The minimum Gasteiger partial charge on any atom is -0.497 e. The first-order valence-electron chi connectivity index (χ1n) is 12.3. The molecule has 0 aliphatic carbocycles. The molecule has 1 aliphatic rings. The van der Waals surface area contributed by atoms with E-state index in [0.29, 0.717) is 29.4 Å². The van der Waals surface area contributed by atoms with Crippen molar-refractivity contribution in [2.45, 2.75) is 37.3 Å². The summed E-state index contributed by atoms with van der Waals surface area (Å²) in [6, 6.07) is 21.8. The van der Waals surface area contributed by atoms with Crippen LogP contribution in [0.5, 0.6) is 11.5 Å². The maximum atomic E-state index is 13.6. The number of carbonyl (C=O) groups is 2. The molecule has 0 radical (unpaired) electrons. The molecule has 1 heterocycles. The molecule has 2 amide bonds. The summed E-state index contributed by atoms with van der Waals surface area (Å²) in [5.74, 6) is 0.212. The van der Waals surface area contributed by atoms with Crippen molar-refractivity contribution in [3.8, 4) is 11.5 Å². The smallest absolute Gasteiger partial charge is 0.228 e. The summed E-state index contributed by atoms with van der Waals surface area (Å²) < 4.78 is 10.9. The van der Waals surface area contributed by atoms with Crippen LogP contribution in [0.25, 0.3) is 0 Å². The zero-order chi connectivity index (χ0) is 26.2. The van der Waals surface area contributed by atoms with Crippen LogP contribution < -0.4 is 20.1 Å². The van der Waals surface area contributed by atoms with Crippen LogP contribution in [-0.2, 0) is 9.59 Å². The SMILES string of the molecule is COc1ccc([C@@H]2C/C=C\C[C@H](c3cccc(Cl)c3)NC(=O)[C@@H](c3ccccc3)CC(=O)N2)c(OC)c1. The molecule has 6 nitrogen and oxygen atoms in total. The fourth-order valence-corrected chi connectivity index (χ4v) is 4.79. The molecule has 2 N–H and O–H groups in total. The molecule has 192 valence electrons. The molecule has 0 fully saturated rings. The van der Waals surface area contributed by atoms with Crippen LogP contribution in [0, 0.1) is 0 Å². The van der Waals surface area contributed by atoms with E-state index in [0.717, 1.165) is 16.7 Å².